The molecule has 0 aliphatic carbocycles. The zero-order valence-electron chi connectivity index (χ0n) is 5.78. The van der Waals surface area contributed by atoms with Crippen LogP contribution in [0, 0.1) is 0 Å². The average molecular weight is 165 g/mol. The first-order valence-electron chi connectivity index (χ1n) is 3.34. The topological polar surface area (TPSA) is 35.2 Å². The fourth-order valence-corrected chi connectivity index (χ4v) is 1.46. The minimum Gasteiger partial charge on any atom is -0.460 e. The fraction of sp³-hybridized carbons (Fsp3) is 0.125. The van der Waals surface area contributed by atoms with Crippen molar-refractivity contribution in [1.82, 2.24) is 0 Å². The van der Waals surface area contributed by atoms with Gasteiger partial charge in [0, 0.05) is 11.1 Å². The molecule has 1 unspecified atom stereocenters. The third kappa shape index (κ3) is 0.931. The van der Waals surface area contributed by atoms with Gasteiger partial charge < -0.3 is 4.74 Å². The molecule has 1 aliphatic rings. The van der Waals surface area contributed by atoms with E-state index in [9.17, 15) is 0 Å². The van der Waals surface area contributed by atoms with Crippen molar-refractivity contribution in [2.45, 2.75) is 6.23 Å². The molecule has 11 heavy (non-hydrogen) atoms. The maximum atomic E-state index is 5.63. The largest absolute Gasteiger partial charge is 0.460 e. The number of hydrogen-bond acceptors (Lipinski definition) is 3. The van der Waals surface area contributed by atoms with Crippen molar-refractivity contribution in [3.8, 4) is 0 Å². The van der Waals surface area contributed by atoms with E-state index < -0.39 is 0 Å². The second-order valence-electron chi connectivity index (χ2n) is 2.41. The molecule has 0 saturated heterocycles. The molecule has 1 heterocycles. The Morgan fingerprint density at radius 2 is 2.09 bits per heavy atom. The molecule has 56 valence electrons. The summed E-state index contributed by atoms with van der Waals surface area (Å²) in [6.07, 6.45) is -0.362. The lowest BCUT2D eigenvalue weighted by atomic mass is 10.1. The smallest absolute Gasteiger partial charge is 0.194 e. The van der Waals surface area contributed by atoms with Gasteiger partial charge in [0.2, 0.25) is 0 Å². The van der Waals surface area contributed by atoms with Crippen LogP contribution in [0.3, 0.4) is 0 Å². The van der Waals surface area contributed by atoms with E-state index in [-0.39, 0.29) is 6.23 Å². The van der Waals surface area contributed by atoms with E-state index in [0.717, 1.165) is 11.1 Å². The van der Waals surface area contributed by atoms with Gasteiger partial charge >= 0.3 is 0 Å². The molecule has 3 heteroatoms. The summed E-state index contributed by atoms with van der Waals surface area (Å²) in [4.78, 5) is 0. The van der Waals surface area contributed by atoms with Crippen molar-refractivity contribution >= 4 is 17.3 Å². The molecule has 0 radical (unpaired) electrons. The normalized spacial score (nSPS) is 21.2. The predicted molar refractivity (Wildman–Crippen MR) is 46.2 cm³/mol. The van der Waals surface area contributed by atoms with Gasteiger partial charge in [0.1, 0.15) is 0 Å². The number of rotatable bonds is 0. The number of hydrogen-bond donors (Lipinski definition) is 1. The maximum Gasteiger partial charge on any atom is 0.194 e. The quantitative estimate of drug-likeness (QED) is 0.589. The Bertz CT molecular complexity index is 311. The Balaban J connectivity index is 2.60. The lowest BCUT2D eigenvalue weighted by molar-refractivity contribution is 0.224. The molecule has 2 nitrogen and oxygen atoms in total. The van der Waals surface area contributed by atoms with E-state index in [0.29, 0.717) is 5.05 Å². The molecule has 1 aromatic rings. The number of fused-ring (bicyclic) bond motifs is 1. The Kier molecular flexibility index (Phi) is 1.41. The van der Waals surface area contributed by atoms with Crippen LogP contribution >= 0.6 is 12.2 Å². The lowest BCUT2D eigenvalue weighted by Crippen LogP contribution is -2.08. The molecule has 1 aromatic carbocycles. The van der Waals surface area contributed by atoms with Crippen LogP contribution < -0.4 is 5.73 Å². The van der Waals surface area contributed by atoms with Crippen LogP contribution in [0.25, 0.3) is 0 Å². The number of nitrogens with two attached hydrogens (primary N) is 1. The summed E-state index contributed by atoms with van der Waals surface area (Å²) in [6.45, 7) is 0. The minimum atomic E-state index is -0.362. The molecule has 0 spiro atoms. The molecular weight excluding hydrogens is 158 g/mol. The van der Waals surface area contributed by atoms with Crippen molar-refractivity contribution < 1.29 is 4.74 Å². The third-order valence-electron chi connectivity index (χ3n) is 1.72. The molecule has 1 atom stereocenters. The second-order valence-corrected chi connectivity index (χ2v) is 2.78. The standard InChI is InChI=1S/C8H7NOS/c9-7-5-3-1-2-4-6(5)8(11)10-7/h1-4,7H,9H2. The van der Waals surface area contributed by atoms with Gasteiger partial charge in [0.15, 0.2) is 11.3 Å². The van der Waals surface area contributed by atoms with Crippen LogP contribution in [0.4, 0.5) is 0 Å². The molecule has 1 aliphatic heterocycles. The maximum absolute atomic E-state index is 5.63. The first-order valence-corrected chi connectivity index (χ1v) is 3.75. The molecular formula is C8H7NOS. The van der Waals surface area contributed by atoms with Gasteiger partial charge in [-0.15, -0.1) is 0 Å². The van der Waals surface area contributed by atoms with Crippen molar-refractivity contribution in [3.05, 3.63) is 35.4 Å². The highest BCUT2D eigenvalue weighted by Crippen LogP contribution is 2.26. The van der Waals surface area contributed by atoms with E-state index in [1.807, 2.05) is 24.3 Å². The van der Waals surface area contributed by atoms with Crippen LogP contribution in [0.15, 0.2) is 24.3 Å². The number of benzene rings is 1. The summed E-state index contributed by atoms with van der Waals surface area (Å²) < 4.78 is 5.14. The summed E-state index contributed by atoms with van der Waals surface area (Å²) >= 11 is 4.95. The van der Waals surface area contributed by atoms with Gasteiger partial charge in [-0.25, -0.2) is 0 Å². The highest BCUT2D eigenvalue weighted by Gasteiger charge is 2.23. The van der Waals surface area contributed by atoms with E-state index in [4.69, 9.17) is 22.7 Å². The second kappa shape index (κ2) is 2.29. The average Bonchev–Trinajstić information content (AvgIpc) is 2.30. The Morgan fingerprint density at radius 1 is 1.36 bits per heavy atom. The molecule has 2 rings (SSSR count). The van der Waals surface area contributed by atoms with E-state index in [2.05, 4.69) is 0 Å². The highest BCUT2D eigenvalue weighted by atomic mass is 32.1. The van der Waals surface area contributed by atoms with Gasteiger partial charge in [-0.1, -0.05) is 18.2 Å². The van der Waals surface area contributed by atoms with Crippen LogP contribution in [0.2, 0.25) is 0 Å². The molecule has 0 fully saturated rings. The Labute approximate surface area is 70.0 Å². The summed E-state index contributed by atoms with van der Waals surface area (Å²) in [5, 5.41) is 0.508. The lowest BCUT2D eigenvalue weighted by Gasteiger charge is -2.01. The van der Waals surface area contributed by atoms with E-state index in [1.54, 1.807) is 0 Å². The molecule has 0 saturated carbocycles. The molecule has 2 N–H and O–H groups in total. The van der Waals surface area contributed by atoms with Crippen molar-refractivity contribution in [2.24, 2.45) is 5.73 Å². The van der Waals surface area contributed by atoms with Gasteiger partial charge in [-0.3, -0.25) is 5.73 Å². The summed E-state index contributed by atoms with van der Waals surface area (Å²) in [6, 6.07) is 7.70. The van der Waals surface area contributed by atoms with Crippen LogP contribution in [0.5, 0.6) is 0 Å². The summed E-state index contributed by atoms with van der Waals surface area (Å²) in [5.41, 5.74) is 7.56. The SMILES string of the molecule is NC1OC(=S)c2ccccc21. The van der Waals surface area contributed by atoms with Gasteiger partial charge in [-0.2, -0.15) is 0 Å². The first kappa shape index (κ1) is 6.76. The fourth-order valence-electron chi connectivity index (χ4n) is 1.17. The highest BCUT2D eigenvalue weighted by molar-refractivity contribution is 7.80. The third-order valence-corrected chi connectivity index (χ3v) is 2.04. The zero-order chi connectivity index (χ0) is 7.84. The van der Waals surface area contributed by atoms with E-state index >= 15 is 0 Å². The molecule has 0 aromatic heterocycles. The van der Waals surface area contributed by atoms with Gasteiger partial charge in [-0.05, 0) is 18.3 Å². The monoisotopic (exact) mass is 165 g/mol. The zero-order valence-corrected chi connectivity index (χ0v) is 6.60. The van der Waals surface area contributed by atoms with Crippen molar-refractivity contribution in [1.29, 1.82) is 0 Å². The molecule has 0 bridgehead atoms. The summed E-state index contributed by atoms with van der Waals surface area (Å²) in [7, 11) is 0. The van der Waals surface area contributed by atoms with Crippen molar-refractivity contribution in [3.63, 3.8) is 0 Å². The van der Waals surface area contributed by atoms with Crippen LogP contribution in [-0.4, -0.2) is 5.05 Å². The Hall–Kier alpha value is -0.930. The van der Waals surface area contributed by atoms with E-state index in [1.165, 1.54) is 0 Å². The predicted octanol–water partition coefficient (Wildman–Crippen LogP) is 1.35. The van der Waals surface area contributed by atoms with Gasteiger partial charge in [0.05, 0.1) is 0 Å². The number of thiocarbonyl (C=S) groups is 1. The molecule has 0 amide bonds. The summed E-state index contributed by atoms with van der Waals surface area (Å²) in [5.74, 6) is 0. The van der Waals surface area contributed by atoms with Crippen molar-refractivity contribution in [2.75, 3.05) is 0 Å². The van der Waals surface area contributed by atoms with Crippen LogP contribution in [-0.2, 0) is 4.74 Å². The van der Waals surface area contributed by atoms with Crippen LogP contribution in [0.1, 0.15) is 17.4 Å². The number of ether oxygens (including phenoxy) is 1. The first-order chi connectivity index (χ1) is 5.29. The minimum absolute atomic E-state index is 0.362. The van der Waals surface area contributed by atoms with Gasteiger partial charge in [0.25, 0.3) is 0 Å². The Morgan fingerprint density at radius 3 is 2.82 bits per heavy atom.